The van der Waals surface area contributed by atoms with Gasteiger partial charge in [-0.05, 0) is 74.7 Å². The van der Waals surface area contributed by atoms with E-state index in [9.17, 15) is 67.3 Å². The molecule has 12 aromatic rings. The number of nitrogens with zero attached hydrogens (tertiary/aromatic N) is 13. The van der Waals surface area contributed by atoms with Gasteiger partial charge in [-0.15, -0.1) is 0 Å². The van der Waals surface area contributed by atoms with Crippen LogP contribution in [0.5, 0.6) is 0 Å². The fourth-order valence-electron chi connectivity index (χ4n) is 16.4. The molecule has 6 aromatic heterocycles. The molecule has 6 aliphatic rings. The molecule has 682 valence electrons. The number of halogens is 2. The maximum absolute atomic E-state index is 14.6. The smallest absolute Gasteiger partial charge is 0.336 e. The molecule has 1 saturated carbocycles. The van der Waals surface area contributed by atoms with E-state index in [1.165, 1.54) is 54.5 Å². The number of benzene rings is 6. The molecule has 0 spiro atoms. The van der Waals surface area contributed by atoms with Gasteiger partial charge >= 0.3 is 36.0 Å². The maximum atomic E-state index is 14.6. The molecule has 11 heterocycles. The van der Waals surface area contributed by atoms with Crippen LogP contribution in [0.3, 0.4) is 0 Å². The molecule has 6 fully saturated rings. The van der Waals surface area contributed by atoms with Crippen molar-refractivity contribution in [1.29, 1.82) is 0 Å². The van der Waals surface area contributed by atoms with E-state index < -0.39 is 162 Å². The molecular formula is C89H87F2N21O20. The monoisotopic (exact) mass is 1810 g/mol. The topological polar surface area (TPSA) is 518 Å². The van der Waals surface area contributed by atoms with E-state index in [0.717, 1.165) is 34.9 Å². The number of fused-ring (bicyclic) bond motifs is 6. The molecule has 5 saturated heterocycles. The molecule has 11 N–H and O–H groups in total. The zero-order valence-corrected chi connectivity index (χ0v) is 70.7. The fourth-order valence-corrected chi connectivity index (χ4v) is 16.4. The summed E-state index contributed by atoms with van der Waals surface area (Å²) in [5, 5.41) is 49.7. The number of carbonyl (C=O) groups excluding carboxylic acids is 6. The van der Waals surface area contributed by atoms with Gasteiger partial charge in [-0.3, -0.25) is 39.5 Å². The average molecular weight is 1810 g/mol. The van der Waals surface area contributed by atoms with Gasteiger partial charge in [-0.2, -0.15) is 0 Å². The first-order valence-electron chi connectivity index (χ1n) is 41.9. The number of carboxylic acids is 3. The molecule has 18 rings (SSSR count). The lowest BCUT2D eigenvalue weighted by molar-refractivity contribution is -0.153. The Morgan fingerprint density at radius 1 is 0.439 bits per heavy atom. The van der Waals surface area contributed by atoms with Gasteiger partial charge in [0.2, 0.25) is 5.91 Å². The number of carboxylic acid groups (broad SMARTS) is 3. The van der Waals surface area contributed by atoms with Crippen LogP contribution < -0.4 is 42.5 Å². The summed E-state index contributed by atoms with van der Waals surface area (Å²) in [6.07, 6.45) is 4.08. The SMILES string of the molecule is CCNC(=O)Nc1ncnc2c1ncn2C1CC(CNC(=O)c2c(F)cccc2C(=O)O)C2O[C@H](/C=C/c3ccccc3)OC21.CCNC(=O)Nc1ncnc2c1ncn2C1OC(CN(C)C(=O)Cc2ccccc2C(=O)O)C2O[C@H](c3ccccc3)OC21.CCNC(=O)Nc1ncnc2c1ncn2C1OC(CNC(=O)c2c(F)cccc2C(=O)O)C2O[C@H](c3ccccc3)OC21. The number of urea groups is 3. The highest BCUT2D eigenvalue weighted by Gasteiger charge is 2.57. The minimum atomic E-state index is -1.44. The van der Waals surface area contributed by atoms with Crippen molar-refractivity contribution in [1.82, 2.24) is 90.0 Å². The maximum Gasteiger partial charge on any atom is 0.336 e. The zero-order valence-electron chi connectivity index (χ0n) is 70.7. The number of aromatic carboxylic acids is 3. The summed E-state index contributed by atoms with van der Waals surface area (Å²) in [7, 11) is 1.64. The Bertz CT molecular complexity index is 6320. The number of hydrogen-bond acceptors (Lipinski definition) is 26. The van der Waals surface area contributed by atoms with Crippen molar-refractivity contribution in [2.75, 3.05) is 62.3 Å². The lowest BCUT2D eigenvalue weighted by Gasteiger charge is -2.25. The summed E-state index contributed by atoms with van der Waals surface area (Å²) in [4.78, 5) is 151. The normalized spacial score (nSPS) is 22.5. The van der Waals surface area contributed by atoms with Crippen molar-refractivity contribution in [3.8, 4) is 0 Å². The Morgan fingerprint density at radius 2 is 0.856 bits per heavy atom. The Kier molecular flexibility index (Phi) is 27.5. The van der Waals surface area contributed by atoms with E-state index in [-0.39, 0.29) is 66.9 Å². The number of rotatable bonds is 26. The van der Waals surface area contributed by atoms with Gasteiger partial charge in [0, 0.05) is 63.4 Å². The Hall–Kier alpha value is -15.1. The second kappa shape index (κ2) is 40.3. The molecule has 15 atom stereocenters. The highest BCUT2D eigenvalue weighted by atomic mass is 19.1. The first-order chi connectivity index (χ1) is 64.0. The van der Waals surface area contributed by atoms with Crippen LogP contribution in [0.15, 0.2) is 196 Å². The third-order valence-corrected chi connectivity index (χ3v) is 22.5. The summed E-state index contributed by atoms with van der Waals surface area (Å²) < 4.78 is 85.1. The van der Waals surface area contributed by atoms with Gasteiger partial charge < -0.3 is 89.3 Å². The molecule has 0 radical (unpaired) electrons. The third kappa shape index (κ3) is 19.4. The summed E-state index contributed by atoms with van der Waals surface area (Å²) >= 11 is 0. The van der Waals surface area contributed by atoms with E-state index in [4.69, 9.17) is 37.9 Å². The number of anilines is 3. The average Bonchev–Trinajstić information content (AvgIpc) is 1.60. The second-order valence-electron chi connectivity index (χ2n) is 30.8. The van der Waals surface area contributed by atoms with Crippen LogP contribution in [0, 0.1) is 17.6 Å². The van der Waals surface area contributed by atoms with Gasteiger partial charge in [0.05, 0.1) is 65.4 Å². The number of hydrogen-bond donors (Lipinski definition) is 11. The Balaban J connectivity index is 0.000000144. The van der Waals surface area contributed by atoms with Crippen molar-refractivity contribution in [2.24, 2.45) is 5.92 Å². The highest BCUT2D eigenvalue weighted by Crippen LogP contribution is 2.49. The van der Waals surface area contributed by atoms with Crippen molar-refractivity contribution in [3.05, 3.63) is 257 Å². The van der Waals surface area contributed by atoms with E-state index in [1.54, 1.807) is 73.9 Å². The van der Waals surface area contributed by atoms with Crippen LogP contribution in [0.25, 0.3) is 39.6 Å². The third-order valence-electron chi connectivity index (χ3n) is 22.5. The van der Waals surface area contributed by atoms with E-state index in [0.29, 0.717) is 65.1 Å². The molecule has 1 aliphatic carbocycles. The van der Waals surface area contributed by atoms with Crippen LogP contribution in [0.2, 0.25) is 0 Å². The number of nitrogens with one attached hydrogen (secondary N) is 8. The van der Waals surface area contributed by atoms with Crippen molar-refractivity contribution >= 4 is 111 Å². The van der Waals surface area contributed by atoms with Crippen LogP contribution >= 0.6 is 0 Å². The van der Waals surface area contributed by atoms with E-state index >= 15 is 0 Å². The number of likely N-dealkylation sites (N-methyl/N-ethyl adjacent to an activating group) is 1. The quantitative estimate of drug-likeness (QED) is 0.0241. The van der Waals surface area contributed by atoms with Gasteiger partial charge in [-0.1, -0.05) is 127 Å². The van der Waals surface area contributed by atoms with Crippen LogP contribution in [-0.4, -0.2) is 234 Å². The fraction of sp³-hybridized carbons (Fsp3) is 0.303. The first-order valence-corrected chi connectivity index (χ1v) is 41.9. The highest BCUT2D eigenvalue weighted by molar-refractivity contribution is 6.06. The largest absolute Gasteiger partial charge is 0.478 e. The number of amides is 9. The molecule has 5 aliphatic heterocycles. The zero-order chi connectivity index (χ0) is 92.4. The van der Waals surface area contributed by atoms with Crippen molar-refractivity contribution < 1.29 is 105 Å². The summed E-state index contributed by atoms with van der Waals surface area (Å²) in [5.74, 6) is -7.48. The second-order valence-corrected chi connectivity index (χ2v) is 30.8. The molecule has 132 heavy (non-hydrogen) atoms. The minimum Gasteiger partial charge on any atom is -0.478 e. The molecule has 12 unspecified atom stereocenters. The van der Waals surface area contributed by atoms with Gasteiger partial charge in [0.1, 0.15) is 73.3 Å². The standard InChI is InChI=1S/C31H30FN7O6.C30H31N7O7.C28H26FN7O7/c1-2-33-31(43)38-27-24-28(36-15-35-27)39(16-37-24)21-13-18(14-34-29(40)23-19(30(41)42)9-6-10-20(23)32)25-26(21)45-22(44-25)12-11-17-7-4-3-5-8-17;1-3-31-30(41)35-25-22-26(33-15-32-25)37(16-34-22)27-24-23(43-29(44-24)17-9-5-4-6-10-17)20(42-27)14-36(2)21(38)13-18-11-7-8-12-19(18)28(39)40;1-2-30-28(40)35-22-19-23(33-12-32-22)36(13-34-19)25-21-20(42-27(43-21)14-7-4-3-5-8-14)17(41-25)11-31-24(37)18-15(26(38)39)9-6-10-16(18)29/h3-12,15-16,18,21-22,25-26H,2,13-14H2,1H3,(H,34,40)(H,41,42)(H2,33,35,36,38,43);4-12,15-16,20,23-24,27,29H,3,13-14H2,1-2H3,(H,39,40)(H2,31,32,33,35,41);3-10,12-13,17,20-21,25,27H,2,11H2,1H3,(H,31,37)(H,38,39)(H2,30,32,33,35,40)/b12-11+;;/t18?,21?,22-,25?,26?;20?,23?,24?,27?,29-;17?,20?,21?,25?,27-/m000/s1. The molecule has 6 aromatic carbocycles. The van der Waals surface area contributed by atoms with Gasteiger partial charge in [0.25, 0.3) is 11.8 Å². The lowest BCUT2D eigenvalue weighted by Crippen LogP contribution is -2.41. The minimum absolute atomic E-state index is 0.0635. The number of aromatic nitrogens is 12. The first kappa shape index (κ1) is 90.2. The van der Waals surface area contributed by atoms with Crippen molar-refractivity contribution in [2.45, 2.75) is 120 Å². The number of ether oxygens (including phenoxy) is 8. The lowest BCUT2D eigenvalue weighted by atomic mass is 10.0. The van der Waals surface area contributed by atoms with Gasteiger partial charge in [-0.25, -0.2) is 82.4 Å². The van der Waals surface area contributed by atoms with Crippen LogP contribution in [0.4, 0.5) is 40.6 Å². The number of carbonyl (C=O) groups is 9. The number of imidazole rings is 3. The summed E-state index contributed by atoms with van der Waals surface area (Å²) in [6.45, 7) is 6.75. The van der Waals surface area contributed by atoms with Crippen LogP contribution in [-0.2, 0) is 49.1 Å². The van der Waals surface area contributed by atoms with E-state index in [2.05, 4.69) is 87.4 Å². The molecule has 43 heteroatoms. The predicted octanol–water partition coefficient (Wildman–Crippen LogP) is 8.98. The van der Waals surface area contributed by atoms with Crippen LogP contribution in [0.1, 0.15) is 132 Å². The predicted molar refractivity (Wildman–Crippen MR) is 462 cm³/mol. The summed E-state index contributed by atoms with van der Waals surface area (Å²) in [6, 6.07) is 40.1. The van der Waals surface area contributed by atoms with Gasteiger partial charge in [0.15, 0.2) is 82.3 Å². The Morgan fingerprint density at radius 3 is 1.34 bits per heavy atom. The van der Waals surface area contributed by atoms with Crippen molar-refractivity contribution in [3.63, 3.8) is 0 Å². The molecular weight excluding hydrogens is 1720 g/mol. The summed E-state index contributed by atoms with van der Waals surface area (Å²) in [5.41, 5.74) is 3.34. The molecule has 9 amide bonds. The van der Waals surface area contributed by atoms with E-state index in [1.807, 2.05) is 102 Å². The molecule has 0 bridgehead atoms. The molecule has 41 nitrogen and oxygen atoms in total. The Labute approximate surface area is 748 Å².